The minimum atomic E-state index is -3.50. The maximum Gasteiger partial charge on any atom is 0.253 e. The molecule has 1 saturated heterocycles. The molecule has 9 heteroatoms. The van der Waals surface area contributed by atoms with Gasteiger partial charge in [-0.05, 0) is 36.4 Å². The molecule has 0 aliphatic carbocycles. The molecule has 152 valence electrons. The molecule has 0 bridgehead atoms. The quantitative estimate of drug-likeness (QED) is 0.636. The maximum atomic E-state index is 12.8. The summed E-state index contributed by atoms with van der Waals surface area (Å²) in [7, 11) is -0.527. The monoisotopic (exact) mass is 430 g/mol. The van der Waals surface area contributed by atoms with E-state index in [1.807, 2.05) is 18.2 Å². The predicted octanol–water partition coefficient (Wildman–Crippen LogP) is 2.51. The van der Waals surface area contributed by atoms with E-state index in [1.165, 1.54) is 26.2 Å². The Morgan fingerprint density at radius 3 is 2.28 bits per heavy atom. The number of amides is 1. The second-order valence-corrected chi connectivity index (χ2v) is 10.2. The van der Waals surface area contributed by atoms with Gasteiger partial charge in [0.15, 0.2) is 5.13 Å². The molecule has 1 fully saturated rings. The number of carbonyl (C=O) groups excluding carboxylic acids is 1. The van der Waals surface area contributed by atoms with Crippen molar-refractivity contribution in [2.75, 3.05) is 45.2 Å². The Balaban J connectivity index is 1.42. The minimum Gasteiger partial charge on any atom is -0.345 e. The van der Waals surface area contributed by atoms with Crippen LogP contribution in [-0.4, -0.2) is 68.8 Å². The van der Waals surface area contributed by atoms with Gasteiger partial charge in [0.1, 0.15) is 0 Å². The summed E-state index contributed by atoms with van der Waals surface area (Å²) >= 11 is 1.67. The highest BCUT2D eigenvalue weighted by Gasteiger charge is 2.24. The van der Waals surface area contributed by atoms with Crippen molar-refractivity contribution in [3.05, 3.63) is 54.1 Å². The number of aromatic nitrogens is 1. The average Bonchev–Trinajstić information content (AvgIpc) is 3.17. The van der Waals surface area contributed by atoms with Crippen LogP contribution in [0.2, 0.25) is 0 Å². The molecule has 0 spiro atoms. The van der Waals surface area contributed by atoms with Gasteiger partial charge in [-0.15, -0.1) is 0 Å². The van der Waals surface area contributed by atoms with Gasteiger partial charge in [0.25, 0.3) is 5.91 Å². The standard InChI is InChI=1S/C20H22N4O3S2/c1-22(2)29(26,27)16-9-7-15(8-10-16)19(25)23-11-13-24(14-12-23)20-21-17-5-3-4-6-18(17)28-20/h3-10H,11-14H2,1-2H3. The van der Waals surface area contributed by atoms with Crippen molar-refractivity contribution in [1.82, 2.24) is 14.2 Å². The molecule has 2 aromatic carbocycles. The summed E-state index contributed by atoms with van der Waals surface area (Å²) in [4.78, 5) is 21.7. The zero-order valence-corrected chi connectivity index (χ0v) is 17.9. The molecule has 0 radical (unpaired) electrons. The second kappa shape index (κ2) is 7.74. The zero-order chi connectivity index (χ0) is 20.6. The molecule has 29 heavy (non-hydrogen) atoms. The number of nitrogens with zero attached hydrogens (tertiary/aromatic N) is 4. The molecule has 0 atom stereocenters. The number of benzene rings is 2. The van der Waals surface area contributed by atoms with E-state index < -0.39 is 10.0 Å². The van der Waals surface area contributed by atoms with Gasteiger partial charge in [0, 0.05) is 45.8 Å². The fraction of sp³-hybridized carbons (Fsp3) is 0.300. The lowest BCUT2D eigenvalue weighted by Gasteiger charge is -2.34. The van der Waals surface area contributed by atoms with E-state index in [0.29, 0.717) is 18.7 Å². The van der Waals surface area contributed by atoms with E-state index in [9.17, 15) is 13.2 Å². The number of rotatable bonds is 4. The molecular weight excluding hydrogens is 408 g/mol. The summed E-state index contributed by atoms with van der Waals surface area (Å²) in [6.07, 6.45) is 0. The van der Waals surface area contributed by atoms with Crippen molar-refractivity contribution in [2.45, 2.75) is 4.90 Å². The lowest BCUT2D eigenvalue weighted by molar-refractivity contribution is 0.0746. The van der Waals surface area contributed by atoms with Crippen LogP contribution in [0, 0.1) is 0 Å². The summed E-state index contributed by atoms with van der Waals surface area (Å²) in [5.41, 5.74) is 1.50. The van der Waals surface area contributed by atoms with E-state index in [0.717, 1.165) is 32.7 Å². The molecule has 4 rings (SSSR count). The Bertz CT molecular complexity index is 1100. The molecular formula is C20H22N4O3S2. The number of sulfonamides is 1. The van der Waals surface area contributed by atoms with Crippen molar-refractivity contribution in [3.63, 3.8) is 0 Å². The van der Waals surface area contributed by atoms with Gasteiger partial charge in [-0.25, -0.2) is 17.7 Å². The fourth-order valence-electron chi connectivity index (χ4n) is 3.26. The van der Waals surface area contributed by atoms with E-state index in [1.54, 1.807) is 28.4 Å². The molecule has 0 saturated carbocycles. The summed E-state index contributed by atoms with van der Waals surface area (Å²) in [6, 6.07) is 14.2. The van der Waals surface area contributed by atoms with Crippen LogP contribution in [0.25, 0.3) is 10.2 Å². The Kier molecular flexibility index (Phi) is 5.28. The molecule has 1 aliphatic rings. The Morgan fingerprint density at radius 2 is 1.66 bits per heavy atom. The summed E-state index contributed by atoms with van der Waals surface area (Å²) in [5.74, 6) is -0.0808. The summed E-state index contributed by atoms with van der Waals surface area (Å²) in [5, 5.41) is 0.983. The highest BCUT2D eigenvalue weighted by atomic mass is 32.2. The van der Waals surface area contributed by atoms with Crippen LogP contribution in [0.1, 0.15) is 10.4 Å². The fourth-order valence-corrected chi connectivity index (χ4v) is 5.18. The SMILES string of the molecule is CN(C)S(=O)(=O)c1ccc(C(=O)N2CCN(c3nc4ccccc4s3)CC2)cc1. The molecule has 1 aliphatic heterocycles. The summed E-state index contributed by atoms with van der Waals surface area (Å²) < 4.78 is 26.7. The Morgan fingerprint density at radius 1 is 1.00 bits per heavy atom. The third kappa shape index (κ3) is 3.85. The molecule has 1 aromatic heterocycles. The third-order valence-corrected chi connectivity index (χ3v) is 7.93. The topological polar surface area (TPSA) is 73.8 Å². The number of hydrogen-bond acceptors (Lipinski definition) is 6. The van der Waals surface area contributed by atoms with Gasteiger partial charge in [-0.1, -0.05) is 23.5 Å². The van der Waals surface area contributed by atoms with Crippen molar-refractivity contribution < 1.29 is 13.2 Å². The first-order valence-electron chi connectivity index (χ1n) is 9.28. The smallest absolute Gasteiger partial charge is 0.253 e. The number of fused-ring (bicyclic) bond motifs is 1. The van der Waals surface area contributed by atoms with Gasteiger partial charge in [0.05, 0.1) is 15.1 Å². The van der Waals surface area contributed by atoms with Crippen LogP contribution >= 0.6 is 11.3 Å². The van der Waals surface area contributed by atoms with E-state index in [4.69, 9.17) is 4.98 Å². The number of para-hydroxylation sites is 1. The Hall–Kier alpha value is -2.49. The average molecular weight is 431 g/mol. The largest absolute Gasteiger partial charge is 0.345 e. The molecule has 0 N–H and O–H groups in total. The summed E-state index contributed by atoms with van der Waals surface area (Å²) in [6.45, 7) is 2.65. The van der Waals surface area contributed by atoms with Crippen LogP contribution in [0.3, 0.4) is 0 Å². The van der Waals surface area contributed by atoms with Crippen molar-refractivity contribution in [2.24, 2.45) is 0 Å². The lowest BCUT2D eigenvalue weighted by atomic mass is 10.2. The molecule has 3 aromatic rings. The number of anilines is 1. The van der Waals surface area contributed by atoms with Crippen LogP contribution in [0.15, 0.2) is 53.4 Å². The number of hydrogen-bond donors (Lipinski definition) is 0. The number of piperazine rings is 1. The molecule has 7 nitrogen and oxygen atoms in total. The zero-order valence-electron chi connectivity index (χ0n) is 16.3. The number of carbonyl (C=O) groups is 1. The lowest BCUT2D eigenvalue weighted by Crippen LogP contribution is -2.48. The first kappa shape index (κ1) is 19.8. The molecule has 1 amide bonds. The minimum absolute atomic E-state index is 0.0808. The first-order chi connectivity index (χ1) is 13.9. The van der Waals surface area contributed by atoms with Gasteiger partial charge < -0.3 is 9.80 Å². The van der Waals surface area contributed by atoms with Gasteiger partial charge >= 0.3 is 0 Å². The first-order valence-corrected chi connectivity index (χ1v) is 11.5. The van der Waals surface area contributed by atoms with E-state index in [2.05, 4.69) is 11.0 Å². The normalized spacial score (nSPS) is 15.3. The molecule has 2 heterocycles. The van der Waals surface area contributed by atoms with Crippen molar-refractivity contribution in [1.29, 1.82) is 0 Å². The van der Waals surface area contributed by atoms with E-state index >= 15 is 0 Å². The van der Waals surface area contributed by atoms with Gasteiger partial charge in [-0.3, -0.25) is 4.79 Å². The van der Waals surface area contributed by atoms with Crippen molar-refractivity contribution >= 4 is 42.6 Å². The highest BCUT2D eigenvalue weighted by Crippen LogP contribution is 2.29. The van der Waals surface area contributed by atoms with E-state index in [-0.39, 0.29) is 10.8 Å². The second-order valence-electron chi connectivity index (χ2n) is 7.06. The Labute approximate surface area is 174 Å². The molecule has 0 unspecified atom stereocenters. The predicted molar refractivity (Wildman–Crippen MR) is 115 cm³/mol. The van der Waals surface area contributed by atoms with Crippen LogP contribution < -0.4 is 4.90 Å². The number of thiazole rings is 1. The van der Waals surface area contributed by atoms with Crippen LogP contribution in [0.5, 0.6) is 0 Å². The van der Waals surface area contributed by atoms with Gasteiger partial charge in [-0.2, -0.15) is 0 Å². The van der Waals surface area contributed by atoms with Crippen LogP contribution in [0.4, 0.5) is 5.13 Å². The van der Waals surface area contributed by atoms with Gasteiger partial charge in [0.2, 0.25) is 10.0 Å². The highest BCUT2D eigenvalue weighted by molar-refractivity contribution is 7.89. The third-order valence-electron chi connectivity index (χ3n) is 5.00. The maximum absolute atomic E-state index is 12.8. The van der Waals surface area contributed by atoms with Crippen LogP contribution in [-0.2, 0) is 10.0 Å². The van der Waals surface area contributed by atoms with Crippen molar-refractivity contribution in [3.8, 4) is 0 Å².